The van der Waals surface area contributed by atoms with Crippen molar-refractivity contribution in [2.75, 3.05) is 7.11 Å². The lowest BCUT2D eigenvalue weighted by molar-refractivity contribution is -0.167. The first-order valence-electron chi connectivity index (χ1n) is 17.9. The molecule has 246 valence electrons. The number of hydrogen-bond donors (Lipinski definition) is 2. The molecule has 1 fully saturated rings. The van der Waals surface area contributed by atoms with E-state index in [9.17, 15) is 10.2 Å². The van der Waals surface area contributed by atoms with Gasteiger partial charge < -0.3 is 19.7 Å². The third-order valence-corrected chi connectivity index (χ3v) is 10.00. The molecule has 1 saturated heterocycles. The molecule has 0 spiro atoms. The molecule has 0 amide bonds. The van der Waals surface area contributed by atoms with Gasteiger partial charge in [-0.05, 0) is 23.1 Å². The zero-order valence-corrected chi connectivity index (χ0v) is 27.9. The standard InChI is InChI=1S/C41H58O4/c1-3-4-5-6-7-8-9-10-11-12-13-14-15-25-32-36-37(42)40(44-2)45-38(36)39(43)41(33-26-19-16-20-27-33,34-28-21-17-22-29-34)35-30-23-18-24-31-35/h16-24,26-31,36-40,42-43H,3-15,25,32H2,1-2H3/t36-,37+,38-,39?,40-/m0/s1. The summed E-state index contributed by atoms with van der Waals surface area (Å²) in [6.07, 6.45) is 16.0. The molecule has 4 rings (SSSR count). The summed E-state index contributed by atoms with van der Waals surface area (Å²) >= 11 is 0. The largest absolute Gasteiger partial charge is 0.389 e. The summed E-state index contributed by atoms with van der Waals surface area (Å²) in [4.78, 5) is 0. The van der Waals surface area contributed by atoms with Gasteiger partial charge in [-0.25, -0.2) is 0 Å². The van der Waals surface area contributed by atoms with Gasteiger partial charge >= 0.3 is 0 Å². The van der Waals surface area contributed by atoms with Crippen molar-refractivity contribution in [2.24, 2.45) is 5.92 Å². The van der Waals surface area contributed by atoms with Crippen molar-refractivity contribution < 1.29 is 19.7 Å². The topological polar surface area (TPSA) is 58.9 Å². The maximum absolute atomic E-state index is 12.6. The molecule has 0 saturated carbocycles. The van der Waals surface area contributed by atoms with Gasteiger partial charge in [0.15, 0.2) is 6.29 Å². The van der Waals surface area contributed by atoms with Crippen LogP contribution in [0.4, 0.5) is 0 Å². The van der Waals surface area contributed by atoms with Crippen LogP contribution in [0.1, 0.15) is 120 Å². The first kappa shape index (κ1) is 35.4. The fourth-order valence-corrected chi connectivity index (χ4v) is 7.51. The summed E-state index contributed by atoms with van der Waals surface area (Å²) in [6.45, 7) is 2.28. The van der Waals surface area contributed by atoms with Crippen molar-refractivity contribution in [1.29, 1.82) is 0 Å². The van der Waals surface area contributed by atoms with Gasteiger partial charge in [0.05, 0.1) is 17.6 Å². The summed E-state index contributed by atoms with van der Waals surface area (Å²) in [6, 6.07) is 30.7. The van der Waals surface area contributed by atoms with Crippen LogP contribution in [0.3, 0.4) is 0 Å². The highest BCUT2D eigenvalue weighted by Crippen LogP contribution is 2.47. The van der Waals surface area contributed by atoms with Crippen molar-refractivity contribution in [3.8, 4) is 0 Å². The molecule has 0 aromatic heterocycles. The van der Waals surface area contributed by atoms with Gasteiger partial charge in [-0.2, -0.15) is 0 Å². The first-order chi connectivity index (χ1) is 22.1. The van der Waals surface area contributed by atoms with Gasteiger partial charge in [0.2, 0.25) is 0 Å². The van der Waals surface area contributed by atoms with E-state index in [1.54, 1.807) is 7.11 Å². The van der Waals surface area contributed by atoms with E-state index in [1.807, 2.05) is 54.6 Å². The predicted octanol–water partition coefficient (Wildman–Crippen LogP) is 9.60. The van der Waals surface area contributed by atoms with Crippen LogP contribution in [0.25, 0.3) is 0 Å². The van der Waals surface area contributed by atoms with Gasteiger partial charge in [-0.3, -0.25) is 0 Å². The van der Waals surface area contributed by atoms with E-state index in [-0.39, 0.29) is 5.92 Å². The molecule has 3 aromatic rings. The third kappa shape index (κ3) is 9.29. The molecule has 3 aromatic carbocycles. The van der Waals surface area contributed by atoms with E-state index in [2.05, 4.69) is 43.3 Å². The Morgan fingerprint density at radius 2 is 1.00 bits per heavy atom. The smallest absolute Gasteiger partial charge is 0.183 e. The van der Waals surface area contributed by atoms with E-state index in [0.29, 0.717) is 0 Å². The summed E-state index contributed by atoms with van der Waals surface area (Å²) < 4.78 is 12.0. The monoisotopic (exact) mass is 614 g/mol. The minimum atomic E-state index is -0.962. The van der Waals surface area contributed by atoms with Gasteiger partial charge in [-0.1, -0.05) is 188 Å². The summed E-state index contributed by atoms with van der Waals surface area (Å²) in [5.41, 5.74) is 2.07. The Balaban J connectivity index is 1.41. The minimum Gasteiger partial charge on any atom is -0.389 e. The molecule has 2 N–H and O–H groups in total. The van der Waals surface area contributed by atoms with E-state index in [1.165, 1.54) is 77.0 Å². The van der Waals surface area contributed by atoms with Crippen LogP contribution in [-0.2, 0) is 14.9 Å². The second kappa shape index (κ2) is 19.2. The number of methoxy groups -OCH3 is 1. The fraction of sp³-hybridized carbons (Fsp3) is 0.561. The third-order valence-electron chi connectivity index (χ3n) is 10.00. The Kier molecular flexibility index (Phi) is 15.1. The second-order valence-corrected chi connectivity index (χ2v) is 13.1. The van der Waals surface area contributed by atoms with Crippen molar-refractivity contribution in [3.05, 3.63) is 108 Å². The molecule has 4 heteroatoms. The Hall–Kier alpha value is -2.50. The summed E-state index contributed by atoms with van der Waals surface area (Å²) in [7, 11) is 1.57. The van der Waals surface area contributed by atoms with Crippen LogP contribution in [0, 0.1) is 5.92 Å². The van der Waals surface area contributed by atoms with E-state index in [4.69, 9.17) is 9.47 Å². The normalized spacial score (nSPS) is 20.8. The van der Waals surface area contributed by atoms with E-state index >= 15 is 0 Å². The Morgan fingerprint density at radius 1 is 0.622 bits per heavy atom. The van der Waals surface area contributed by atoms with Gasteiger partial charge in [-0.15, -0.1) is 0 Å². The molecule has 1 unspecified atom stereocenters. The lowest BCUT2D eigenvalue weighted by atomic mass is 9.63. The molecule has 4 nitrogen and oxygen atoms in total. The zero-order chi connectivity index (χ0) is 31.7. The Morgan fingerprint density at radius 3 is 1.38 bits per heavy atom. The van der Waals surface area contributed by atoms with Crippen LogP contribution in [0.5, 0.6) is 0 Å². The summed E-state index contributed by atoms with van der Waals surface area (Å²) in [5, 5.41) is 24.0. The van der Waals surface area contributed by atoms with Gasteiger partial charge in [0, 0.05) is 13.0 Å². The van der Waals surface area contributed by atoms with Crippen molar-refractivity contribution in [3.63, 3.8) is 0 Å². The molecular weight excluding hydrogens is 556 g/mol. The van der Waals surface area contributed by atoms with E-state index in [0.717, 1.165) is 36.0 Å². The molecule has 0 radical (unpaired) electrons. The predicted molar refractivity (Wildman–Crippen MR) is 185 cm³/mol. The number of unbranched alkanes of at least 4 members (excludes halogenated alkanes) is 13. The van der Waals surface area contributed by atoms with E-state index < -0.39 is 30.0 Å². The van der Waals surface area contributed by atoms with Gasteiger partial charge in [0.25, 0.3) is 0 Å². The highest BCUT2D eigenvalue weighted by Gasteiger charge is 2.54. The van der Waals surface area contributed by atoms with Crippen molar-refractivity contribution >= 4 is 0 Å². The highest BCUT2D eigenvalue weighted by molar-refractivity contribution is 5.52. The van der Waals surface area contributed by atoms with Crippen LogP contribution < -0.4 is 0 Å². The SMILES string of the molecule is CCCCCCCCCCCCCCCC[C@H]1[C@@H](O)[C@@H](OC)O[C@@H]1C(O)C(c1ccccc1)(c1ccccc1)c1ccccc1. The lowest BCUT2D eigenvalue weighted by Gasteiger charge is -2.43. The molecule has 0 bridgehead atoms. The highest BCUT2D eigenvalue weighted by atomic mass is 16.7. The number of aliphatic hydroxyl groups is 2. The summed E-state index contributed by atoms with van der Waals surface area (Å²) in [5.74, 6) is -0.238. The molecular formula is C41H58O4. The van der Waals surface area contributed by atoms with Crippen LogP contribution in [0.2, 0.25) is 0 Å². The molecule has 1 aliphatic rings. The zero-order valence-electron chi connectivity index (χ0n) is 27.9. The number of aliphatic hydroxyl groups excluding tert-OH is 2. The lowest BCUT2D eigenvalue weighted by Crippen LogP contribution is -2.51. The number of rotatable bonds is 21. The molecule has 1 aliphatic heterocycles. The van der Waals surface area contributed by atoms with Crippen LogP contribution in [-0.4, -0.2) is 41.9 Å². The van der Waals surface area contributed by atoms with Crippen LogP contribution in [0.15, 0.2) is 91.0 Å². The maximum Gasteiger partial charge on any atom is 0.183 e. The van der Waals surface area contributed by atoms with Crippen molar-refractivity contribution in [1.82, 2.24) is 0 Å². The minimum absolute atomic E-state index is 0.238. The van der Waals surface area contributed by atoms with Crippen LogP contribution >= 0.6 is 0 Å². The molecule has 5 atom stereocenters. The van der Waals surface area contributed by atoms with Crippen molar-refractivity contribution in [2.45, 2.75) is 133 Å². The average Bonchev–Trinajstić information content (AvgIpc) is 3.41. The average molecular weight is 615 g/mol. The molecule has 1 heterocycles. The van der Waals surface area contributed by atoms with Gasteiger partial charge in [0.1, 0.15) is 6.10 Å². The Labute approximate surface area is 273 Å². The Bertz CT molecular complexity index is 1070. The maximum atomic E-state index is 12.6. The second-order valence-electron chi connectivity index (χ2n) is 13.1. The first-order valence-corrected chi connectivity index (χ1v) is 17.9. The molecule has 0 aliphatic carbocycles. The number of ether oxygens (including phenoxy) is 2. The molecule has 45 heavy (non-hydrogen) atoms. The number of hydrogen-bond acceptors (Lipinski definition) is 4. The quantitative estimate of drug-likeness (QED) is 0.0927. The number of benzene rings is 3. The fourth-order valence-electron chi connectivity index (χ4n) is 7.51.